The van der Waals surface area contributed by atoms with E-state index in [0.717, 1.165) is 43.6 Å². The number of halogens is 1. The van der Waals surface area contributed by atoms with E-state index < -0.39 is 0 Å². The Labute approximate surface area is 160 Å². The largest absolute Gasteiger partial charge is 0.497 e. The normalized spacial score (nSPS) is 16.1. The molecule has 1 aliphatic heterocycles. The third kappa shape index (κ3) is 2.72. The number of amides is 1. The molecule has 3 aromatic rings. The lowest BCUT2D eigenvalue weighted by atomic mass is 9.83. The lowest BCUT2D eigenvalue weighted by molar-refractivity contribution is -0.116. The molecule has 4 nitrogen and oxygen atoms in total. The van der Waals surface area contributed by atoms with Crippen molar-refractivity contribution in [2.75, 3.05) is 19.5 Å². The molecule has 1 atom stereocenters. The standard InChI is InChI=1S/C21H18BrNO3/c1-25-12-7-8-14(19(9-12)26-2)16-11-20(24)23-21-15-6-4-3-5-13(15)18(22)10-17(16)21/h3-10,16H,11H2,1-2H3,(H,23,24)/t16-/m0/s1. The molecule has 1 amide bonds. The van der Waals surface area contributed by atoms with Crippen LogP contribution in [0, 0.1) is 0 Å². The van der Waals surface area contributed by atoms with E-state index in [9.17, 15) is 4.79 Å². The van der Waals surface area contributed by atoms with Crippen LogP contribution >= 0.6 is 15.9 Å². The summed E-state index contributed by atoms with van der Waals surface area (Å²) >= 11 is 3.69. The Hall–Kier alpha value is -2.53. The van der Waals surface area contributed by atoms with Crippen LogP contribution < -0.4 is 14.8 Å². The first kappa shape index (κ1) is 16.9. The van der Waals surface area contributed by atoms with Gasteiger partial charge >= 0.3 is 0 Å². The van der Waals surface area contributed by atoms with Crippen molar-refractivity contribution in [3.8, 4) is 11.5 Å². The van der Waals surface area contributed by atoms with E-state index in [0.29, 0.717) is 6.42 Å². The van der Waals surface area contributed by atoms with Crippen LogP contribution in [0.3, 0.4) is 0 Å². The van der Waals surface area contributed by atoms with Crippen molar-refractivity contribution in [2.45, 2.75) is 12.3 Å². The summed E-state index contributed by atoms with van der Waals surface area (Å²) in [6, 6.07) is 15.9. The van der Waals surface area contributed by atoms with E-state index in [-0.39, 0.29) is 11.8 Å². The van der Waals surface area contributed by atoms with Gasteiger partial charge in [-0.25, -0.2) is 0 Å². The van der Waals surface area contributed by atoms with Gasteiger partial charge in [0.1, 0.15) is 11.5 Å². The molecule has 1 aliphatic rings. The SMILES string of the molecule is COc1ccc([C@@H]2CC(=O)Nc3c2cc(Br)c2ccccc32)c(OC)c1. The second kappa shape index (κ2) is 6.65. The first-order chi connectivity index (χ1) is 12.6. The molecule has 3 aromatic carbocycles. The second-order valence-corrected chi connectivity index (χ2v) is 7.14. The number of ether oxygens (including phenoxy) is 2. The van der Waals surface area contributed by atoms with Crippen LogP contribution in [-0.4, -0.2) is 20.1 Å². The van der Waals surface area contributed by atoms with Gasteiger partial charge in [0.25, 0.3) is 0 Å². The van der Waals surface area contributed by atoms with Crippen molar-refractivity contribution in [1.29, 1.82) is 0 Å². The summed E-state index contributed by atoms with van der Waals surface area (Å²) in [4.78, 5) is 12.5. The number of hydrogen-bond acceptors (Lipinski definition) is 3. The molecule has 132 valence electrons. The maximum Gasteiger partial charge on any atom is 0.225 e. The first-order valence-electron chi connectivity index (χ1n) is 8.35. The second-order valence-electron chi connectivity index (χ2n) is 6.28. The Kier molecular flexibility index (Phi) is 4.32. The zero-order valence-electron chi connectivity index (χ0n) is 14.5. The van der Waals surface area contributed by atoms with Crippen molar-refractivity contribution in [1.82, 2.24) is 0 Å². The quantitative estimate of drug-likeness (QED) is 0.652. The molecular weight excluding hydrogens is 394 g/mol. The number of anilines is 1. The van der Waals surface area contributed by atoms with Crippen LogP contribution in [0.15, 0.2) is 53.0 Å². The van der Waals surface area contributed by atoms with Crippen LogP contribution in [0.1, 0.15) is 23.5 Å². The van der Waals surface area contributed by atoms with Crippen LogP contribution in [0.2, 0.25) is 0 Å². The van der Waals surface area contributed by atoms with Gasteiger partial charge in [-0.05, 0) is 23.1 Å². The number of nitrogens with one attached hydrogen (secondary N) is 1. The highest BCUT2D eigenvalue weighted by atomic mass is 79.9. The van der Waals surface area contributed by atoms with Gasteiger partial charge in [-0.2, -0.15) is 0 Å². The summed E-state index contributed by atoms with van der Waals surface area (Å²) in [5, 5.41) is 5.17. The molecule has 1 heterocycles. The number of benzene rings is 3. The number of hydrogen-bond donors (Lipinski definition) is 1. The van der Waals surface area contributed by atoms with Crippen molar-refractivity contribution in [3.05, 3.63) is 64.1 Å². The predicted octanol–water partition coefficient (Wildman–Crippen LogP) is 5.09. The molecule has 0 aliphatic carbocycles. The van der Waals surface area contributed by atoms with E-state index in [2.05, 4.69) is 27.3 Å². The van der Waals surface area contributed by atoms with Gasteiger partial charge in [0, 0.05) is 33.8 Å². The predicted molar refractivity (Wildman–Crippen MR) is 106 cm³/mol. The highest BCUT2D eigenvalue weighted by molar-refractivity contribution is 9.10. The zero-order valence-corrected chi connectivity index (χ0v) is 16.1. The van der Waals surface area contributed by atoms with E-state index in [4.69, 9.17) is 9.47 Å². The molecule has 0 saturated carbocycles. The number of rotatable bonds is 3. The van der Waals surface area contributed by atoms with Crippen molar-refractivity contribution < 1.29 is 14.3 Å². The van der Waals surface area contributed by atoms with Crippen molar-refractivity contribution in [2.24, 2.45) is 0 Å². The van der Waals surface area contributed by atoms with Crippen molar-refractivity contribution in [3.63, 3.8) is 0 Å². The lowest BCUT2D eigenvalue weighted by Crippen LogP contribution is -2.24. The number of carbonyl (C=O) groups excluding carboxylic acids is 1. The maximum atomic E-state index is 12.5. The highest BCUT2D eigenvalue weighted by Crippen LogP contribution is 2.46. The molecule has 0 radical (unpaired) electrons. The average molecular weight is 412 g/mol. The van der Waals surface area contributed by atoms with Crippen LogP contribution in [0.5, 0.6) is 11.5 Å². The minimum Gasteiger partial charge on any atom is -0.497 e. The molecular formula is C21H18BrNO3. The monoisotopic (exact) mass is 411 g/mol. The van der Waals surface area contributed by atoms with Gasteiger partial charge in [-0.1, -0.05) is 46.3 Å². The topological polar surface area (TPSA) is 47.6 Å². The Morgan fingerprint density at radius 1 is 1.00 bits per heavy atom. The van der Waals surface area contributed by atoms with Gasteiger partial charge in [0.15, 0.2) is 0 Å². The smallest absolute Gasteiger partial charge is 0.225 e. The van der Waals surface area contributed by atoms with E-state index in [1.807, 2.05) is 42.5 Å². The Bertz CT molecular complexity index is 1020. The molecule has 0 bridgehead atoms. The maximum absolute atomic E-state index is 12.5. The fourth-order valence-electron chi connectivity index (χ4n) is 3.64. The highest BCUT2D eigenvalue weighted by Gasteiger charge is 2.30. The van der Waals surface area contributed by atoms with E-state index >= 15 is 0 Å². The summed E-state index contributed by atoms with van der Waals surface area (Å²) in [7, 11) is 3.26. The Balaban J connectivity index is 1.95. The molecule has 0 saturated heterocycles. The Morgan fingerprint density at radius 3 is 2.50 bits per heavy atom. The molecule has 0 fully saturated rings. The van der Waals surface area contributed by atoms with Crippen LogP contribution in [0.25, 0.3) is 10.8 Å². The summed E-state index contributed by atoms with van der Waals surface area (Å²) < 4.78 is 11.9. The lowest BCUT2D eigenvalue weighted by Gasteiger charge is -2.29. The molecule has 26 heavy (non-hydrogen) atoms. The van der Waals surface area contributed by atoms with Crippen LogP contribution in [0.4, 0.5) is 5.69 Å². The van der Waals surface area contributed by atoms with Gasteiger partial charge in [0.05, 0.1) is 19.9 Å². The molecule has 4 rings (SSSR count). The summed E-state index contributed by atoms with van der Waals surface area (Å²) in [6.45, 7) is 0. The van der Waals surface area contributed by atoms with Gasteiger partial charge in [0.2, 0.25) is 5.91 Å². The Morgan fingerprint density at radius 2 is 1.77 bits per heavy atom. The van der Waals surface area contributed by atoms with Gasteiger partial charge in [-0.3, -0.25) is 4.79 Å². The fourth-order valence-corrected chi connectivity index (χ4v) is 4.23. The minimum absolute atomic E-state index is 0.00727. The fraction of sp³-hybridized carbons (Fsp3) is 0.190. The van der Waals surface area contributed by atoms with Crippen molar-refractivity contribution >= 4 is 38.3 Å². The summed E-state index contributed by atoms with van der Waals surface area (Å²) in [6.07, 6.45) is 0.375. The molecule has 0 aromatic heterocycles. The van der Waals surface area contributed by atoms with E-state index in [1.165, 1.54) is 0 Å². The average Bonchev–Trinajstić information content (AvgIpc) is 2.68. The number of fused-ring (bicyclic) bond motifs is 3. The van der Waals surface area contributed by atoms with Crippen LogP contribution in [-0.2, 0) is 4.79 Å². The third-order valence-electron chi connectivity index (χ3n) is 4.87. The zero-order chi connectivity index (χ0) is 18.3. The minimum atomic E-state index is -0.0829. The summed E-state index contributed by atoms with van der Waals surface area (Å²) in [5.41, 5.74) is 2.94. The molecule has 0 unspecified atom stereocenters. The first-order valence-corrected chi connectivity index (χ1v) is 9.14. The molecule has 0 spiro atoms. The molecule has 1 N–H and O–H groups in total. The van der Waals surface area contributed by atoms with Gasteiger partial charge < -0.3 is 14.8 Å². The molecule has 5 heteroatoms. The third-order valence-corrected chi connectivity index (χ3v) is 5.53. The number of carbonyl (C=O) groups is 1. The van der Waals surface area contributed by atoms with Gasteiger partial charge in [-0.15, -0.1) is 0 Å². The number of methoxy groups -OCH3 is 2. The van der Waals surface area contributed by atoms with E-state index in [1.54, 1.807) is 14.2 Å². The summed E-state index contributed by atoms with van der Waals surface area (Å²) in [5.74, 6) is 1.37.